The summed E-state index contributed by atoms with van der Waals surface area (Å²) in [6, 6.07) is 0. The molecule has 2 aliphatic heterocycles. The van der Waals surface area contributed by atoms with Crippen LogP contribution in [0.15, 0.2) is 0 Å². The summed E-state index contributed by atoms with van der Waals surface area (Å²) in [5.41, 5.74) is 0. The fraction of sp³-hybridized carbons (Fsp3) is 1.00. The Kier molecular flexibility index (Phi) is 8.60. The molecule has 118 valence electrons. The predicted octanol–water partition coefficient (Wildman–Crippen LogP) is 3.05. The Morgan fingerprint density at radius 2 is 1.50 bits per heavy atom. The molecule has 0 aliphatic carbocycles. The molecule has 2 rings (SSSR count). The van der Waals surface area contributed by atoms with Crippen LogP contribution in [0.1, 0.15) is 57.8 Å². The topological polar surface area (TPSA) is 24.5 Å². The summed E-state index contributed by atoms with van der Waals surface area (Å²) in [4.78, 5) is 2.56. The van der Waals surface area contributed by atoms with Gasteiger partial charge < -0.3 is 10.1 Å². The quantitative estimate of drug-likeness (QED) is 0.658. The van der Waals surface area contributed by atoms with E-state index in [0.717, 1.165) is 32.2 Å². The minimum absolute atomic E-state index is 0.941. The average molecular weight is 282 g/mol. The Morgan fingerprint density at radius 3 is 2.25 bits per heavy atom. The molecule has 0 aromatic rings. The lowest BCUT2D eigenvalue weighted by molar-refractivity contribution is 0.0371. The van der Waals surface area contributed by atoms with Crippen molar-refractivity contribution >= 4 is 0 Å². The number of morpholine rings is 1. The first-order chi connectivity index (χ1) is 9.95. The second-order valence-electron chi connectivity index (χ2n) is 6.56. The highest BCUT2D eigenvalue weighted by Crippen LogP contribution is 2.19. The van der Waals surface area contributed by atoms with Gasteiger partial charge in [-0.25, -0.2) is 0 Å². The van der Waals surface area contributed by atoms with Crippen molar-refractivity contribution in [3.05, 3.63) is 0 Å². The van der Waals surface area contributed by atoms with Crippen LogP contribution in [0, 0.1) is 5.92 Å². The second kappa shape index (κ2) is 10.6. The molecule has 0 radical (unpaired) electrons. The van der Waals surface area contributed by atoms with Crippen LogP contribution in [-0.2, 0) is 4.74 Å². The van der Waals surface area contributed by atoms with E-state index in [1.807, 2.05) is 0 Å². The Balaban J connectivity index is 1.33. The van der Waals surface area contributed by atoms with Crippen LogP contribution in [0.2, 0.25) is 0 Å². The lowest BCUT2D eigenvalue weighted by atomic mass is 9.92. The zero-order valence-corrected chi connectivity index (χ0v) is 13.2. The van der Waals surface area contributed by atoms with Gasteiger partial charge in [-0.1, -0.05) is 38.5 Å². The first kappa shape index (κ1) is 16.3. The van der Waals surface area contributed by atoms with Crippen molar-refractivity contribution in [3.63, 3.8) is 0 Å². The minimum Gasteiger partial charge on any atom is -0.379 e. The Morgan fingerprint density at radius 1 is 0.850 bits per heavy atom. The zero-order valence-electron chi connectivity index (χ0n) is 13.2. The largest absolute Gasteiger partial charge is 0.379 e. The van der Waals surface area contributed by atoms with Crippen molar-refractivity contribution < 1.29 is 4.74 Å². The zero-order chi connectivity index (χ0) is 13.9. The monoisotopic (exact) mass is 282 g/mol. The van der Waals surface area contributed by atoms with Crippen molar-refractivity contribution in [2.45, 2.75) is 57.8 Å². The average Bonchev–Trinajstić information content (AvgIpc) is 2.52. The summed E-state index contributed by atoms with van der Waals surface area (Å²) in [5, 5.41) is 3.45. The Bertz CT molecular complexity index is 199. The first-order valence-electron chi connectivity index (χ1n) is 8.96. The number of nitrogens with zero attached hydrogens (tertiary/aromatic N) is 1. The third-order valence-corrected chi connectivity index (χ3v) is 4.90. The van der Waals surface area contributed by atoms with Gasteiger partial charge in [0.1, 0.15) is 0 Å². The molecular weight excluding hydrogens is 248 g/mol. The van der Waals surface area contributed by atoms with Gasteiger partial charge in [0.2, 0.25) is 0 Å². The molecule has 2 saturated heterocycles. The molecule has 3 heteroatoms. The molecule has 0 aromatic carbocycles. The van der Waals surface area contributed by atoms with Gasteiger partial charge in [-0.2, -0.15) is 0 Å². The maximum absolute atomic E-state index is 5.38. The van der Waals surface area contributed by atoms with Gasteiger partial charge in [0.05, 0.1) is 13.2 Å². The molecule has 1 N–H and O–H groups in total. The van der Waals surface area contributed by atoms with E-state index in [9.17, 15) is 0 Å². The van der Waals surface area contributed by atoms with E-state index in [-0.39, 0.29) is 0 Å². The van der Waals surface area contributed by atoms with Crippen LogP contribution in [0.3, 0.4) is 0 Å². The summed E-state index contributed by atoms with van der Waals surface area (Å²) in [6.07, 6.45) is 12.9. The SMILES string of the molecule is C(CCCCN1CCOCC1)CCCC1CCNCC1. The number of unbranched alkanes of at least 4 members (excludes halogenated alkanes) is 5. The van der Waals surface area contributed by atoms with Crippen molar-refractivity contribution in [1.29, 1.82) is 0 Å². The van der Waals surface area contributed by atoms with Gasteiger partial charge in [-0.15, -0.1) is 0 Å². The van der Waals surface area contributed by atoms with E-state index in [1.165, 1.54) is 77.4 Å². The lowest BCUT2D eigenvalue weighted by Gasteiger charge is -2.26. The Labute approximate surface area is 125 Å². The van der Waals surface area contributed by atoms with Crippen LogP contribution < -0.4 is 5.32 Å². The van der Waals surface area contributed by atoms with E-state index < -0.39 is 0 Å². The van der Waals surface area contributed by atoms with Crippen LogP contribution in [-0.4, -0.2) is 50.8 Å². The number of hydrogen-bond donors (Lipinski definition) is 1. The van der Waals surface area contributed by atoms with E-state index in [4.69, 9.17) is 4.74 Å². The number of rotatable bonds is 9. The normalized spacial score (nSPS) is 22.2. The standard InChI is InChI=1S/C17H34N2O/c1(3-5-7-17-8-10-18-11-9-17)2-4-6-12-19-13-15-20-16-14-19/h17-18H,1-16H2. The van der Waals surface area contributed by atoms with E-state index in [1.54, 1.807) is 0 Å². The van der Waals surface area contributed by atoms with Crippen molar-refractivity contribution in [2.24, 2.45) is 5.92 Å². The first-order valence-corrected chi connectivity index (χ1v) is 8.96. The van der Waals surface area contributed by atoms with Gasteiger partial charge >= 0.3 is 0 Å². The summed E-state index contributed by atoms with van der Waals surface area (Å²) < 4.78 is 5.38. The summed E-state index contributed by atoms with van der Waals surface area (Å²) in [7, 11) is 0. The molecule has 20 heavy (non-hydrogen) atoms. The molecule has 0 aromatic heterocycles. The third kappa shape index (κ3) is 7.05. The van der Waals surface area contributed by atoms with Crippen molar-refractivity contribution in [2.75, 3.05) is 45.9 Å². The molecule has 0 amide bonds. The van der Waals surface area contributed by atoms with Crippen LogP contribution in [0.4, 0.5) is 0 Å². The van der Waals surface area contributed by atoms with Crippen LogP contribution in [0.5, 0.6) is 0 Å². The number of ether oxygens (including phenoxy) is 1. The predicted molar refractivity (Wildman–Crippen MR) is 85.2 cm³/mol. The molecule has 2 fully saturated rings. The Hall–Kier alpha value is -0.120. The molecule has 0 unspecified atom stereocenters. The molecule has 0 spiro atoms. The summed E-state index contributed by atoms with van der Waals surface area (Å²) in [5.74, 6) is 1.03. The van der Waals surface area contributed by atoms with Gasteiger partial charge in [0.25, 0.3) is 0 Å². The van der Waals surface area contributed by atoms with Crippen molar-refractivity contribution in [1.82, 2.24) is 10.2 Å². The number of piperidine rings is 1. The van der Waals surface area contributed by atoms with Gasteiger partial charge in [0.15, 0.2) is 0 Å². The molecule has 0 saturated carbocycles. The maximum atomic E-state index is 5.38. The summed E-state index contributed by atoms with van der Waals surface area (Å²) in [6.45, 7) is 7.98. The molecule has 0 atom stereocenters. The van der Waals surface area contributed by atoms with Gasteiger partial charge in [0, 0.05) is 13.1 Å². The smallest absolute Gasteiger partial charge is 0.0594 e. The number of hydrogen-bond acceptors (Lipinski definition) is 3. The highest BCUT2D eigenvalue weighted by atomic mass is 16.5. The van der Waals surface area contributed by atoms with E-state index in [2.05, 4.69) is 10.2 Å². The van der Waals surface area contributed by atoms with E-state index in [0.29, 0.717) is 0 Å². The van der Waals surface area contributed by atoms with Gasteiger partial charge in [-0.05, 0) is 44.8 Å². The second-order valence-corrected chi connectivity index (χ2v) is 6.56. The highest BCUT2D eigenvalue weighted by Gasteiger charge is 2.12. The number of nitrogens with one attached hydrogen (secondary N) is 1. The van der Waals surface area contributed by atoms with Gasteiger partial charge in [-0.3, -0.25) is 4.90 Å². The third-order valence-electron chi connectivity index (χ3n) is 4.90. The van der Waals surface area contributed by atoms with E-state index >= 15 is 0 Å². The van der Waals surface area contributed by atoms with Crippen LogP contribution >= 0.6 is 0 Å². The fourth-order valence-electron chi connectivity index (χ4n) is 3.47. The minimum atomic E-state index is 0.941. The molecular formula is C17H34N2O. The maximum Gasteiger partial charge on any atom is 0.0594 e. The van der Waals surface area contributed by atoms with Crippen molar-refractivity contribution in [3.8, 4) is 0 Å². The highest BCUT2D eigenvalue weighted by molar-refractivity contribution is 4.68. The lowest BCUT2D eigenvalue weighted by Crippen LogP contribution is -2.36. The fourth-order valence-corrected chi connectivity index (χ4v) is 3.47. The molecule has 3 nitrogen and oxygen atoms in total. The molecule has 2 heterocycles. The molecule has 0 bridgehead atoms. The summed E-state index contributed by atoms with van der Waals surface area (Å²) >= 11 is 0. The molecule has 2 aliphatic rings. The van der Waals surface area contributed by atoms with Crippen LogP contribution in [0.25, 0.3) is 0 Å².